The molecule has 3 aromatic heterocycles. The summed E-state index contributed by atoms with van der Waals surface area (Å²) in [5, 5.41) is 34.0. The zero-order valence-corrected chi connectivity index (χ0v) is 31.8. The Labute approximate surface area is 307 Å². The fraction of sp³-hybridized carbons (Fsp3) is 0.382. The Kier molecular flexibility index (Phi) is 12.5. The van der Waals surface area contributed by atoms with E-state index in [9.17, 15) is 13.7 Å². The second-order valence-corrected chi connectivity index (χ2v) is 15.2. The third kappa shape index (κ3) is 8.86. The van der Waals surface area contributed by atoms with Crippen LogP contribution in [-0.2, 0) is 19.5 Å². The zero-order valence-electron chi connectivity index (χ0n) is 30.2. The predicted molar refractivity (Wildman–Crippen MR) is 202 cm³/mol. The minimum absolute atomic E-state index is 0.0569. The Hall–Kier alpha value is -5.06. The lowest BCUT2D eigenvalue weighted by Gasteiger charge is -2.17. The van der Waals surface area contributed by atoms with E-state index in [0.717, 1.165) is 31.4 Å². The standard InChI is InChI=1S/C34H42N12O4S2/c1-21-16-22(2)28(23(3)17-21)39-33-40-31(36-12-8-14-49-6)29(32(41-33)37-13-9-15-50-7)42-43-30-24(19-35)20-46(44-30)34-38-26-18-25(10-11-27(26)51-34)52(47,48)45(4)5/h10-11,16-18,20H,8-9,12-15H2,1-7H3,(H3,36,37,39,40,41). The quantitative estimate of drug-likeness (QED) is 0.0703. The smallest absolute Gasteiger partial charge is 0.242 e. The third-order valence-electron chi connectivity index (χ3n) is 7.82. The van der Waals surface area contributed by atoms with Gasteiger partial charge in [0, 0.05) is 60.3 Å². The molecule has 0 aliphatic carbocycles. The average molecular weight is 747 g/mol. The molecule has 0 saturated heterocycles. The SMILES string of the molecule is COCCCNc1nc(Nc2c(C)cc(C)cc2C)nc(NCCCOC)c1N=Nc1nn(-c2nc3cc(S(=O)(=O)N(C)C)ccc3s2)cc1C#N. The van der Waals surface area contributed by atoms with E-state index in [-0.39, 0.29) is 16.3 Å². The second-order valence-electron chi connectivity index (χ2n) is 12.1. The number of hydrogen-bond acceptors (Lipinski definition) is 15. The molecule has 2 aromatic carbocycles. The van der Waals surface area contributed by atoms with E-state index in [4.69, 9.17) is 19.4 Å². The van der Waals surface area contributed by atoms with Crippen LogP contribution >= 0.6 is 11.3 Å². The Balaban J connectivity index is 1.54. The lowest BCUT2D eigenvalue weighted by molar-refractivity contribution is 0.197. The van der Waals surface area contributed by atoms with E-state index >= 15 is 0 Å². The molecule has 0 atom stereocenters. The normalized spacial score (nSPS) is 11.8. The van der Waals surface area contributed by atoms with Gasteiger partial charge in [-0.15, -0.1) is 15.3 Å². The first-order valence-electron chi connectivity index (χ1n) is 16.4. The van der Waals surface area contributed by atoms with Gasteiger partial charge in [0.05, 0.1) is 21.3 Å². The summed E-state index contributed by atoms with van der Waals surface area (Å²) in [5.74, 6) is 1.25. The summed E-state index contributed by atoms with van der Waals surface area (Å²) in [7, 11) is 2.59. The number of nitrogens with zero attached hydrogens (tertiary/aromatic N) is 9. The molecule has 5 rings (SSSR count). The van der Waals surface area contributed by atoms with Crippen LogP contribution < -0.4 is 16.0 Å². The van der Waals surface area contributed by atoms with Crippen LogP contribution in [0.4, 0.5) is 34.8 Å². The van der Waals surface area contributed by atoms with Crippen molar-refractivity contribution < 1.29 is 17.9 Å². The van der Waals surface area contributed by atoms with Gasteiger partial charge in [-0.25, -0.2) is 22.4 Å². The van der Waals surface area contributed by atoms with Crippen LogP contribution in [0.2, 0.25) is 0 Å². The highest BCUT2D eigenvalue weighted by atomic mass is 32.2. The Morgan fingerprint density at radius 1 is 0.942 bits per heavy atom. The minimum atomic E-state index is -3.65. The topological polar surface area (TPSA) is 197 Å². The van der Waals surface area contributed by atoms with E-state index < -0.39 is 10.0 Å². The fourth-order valence-corrected chi connectivity index (χ4v) is 7.06. The van der Waals surface area contributed by atoms with Crippen molar-refractivity contribution >= 4 is 66.4 Å². The van der Waals surface area contributed by atoms with E-state index in [2.05, 4.69) is 61.4 Å². The number of rotatable bonds is 17. The minimum Gasteiger partial charge on any atom is -0.385 e. The molecule has 0 amide bonds. The number of anilines is 4. The molecular weight excluding hydrogens is 705 g/mol. The van der Waals surface area contributed by atoms with Gasteiger partial charge < -0.3 is 25.4 Å². The maximum absolute atomic E-state index is 12.7. The van der Waals surface area contributed by atoms with Crippen molar-refractivity contribution in [1.29, 1.82) is 5.26 Å². The molecule has 0 aliphatic rings. The number of fused-ring (bicyclic) bond motifs is 1. The van der Waals surface area contributed by atoms with Gasteiger partial charge >= 0.3 is 0 Å². The number of hydrogen-bond donors (Lipinski definition) is 3. The van der Waals surface area contributed by atoms with Crippen LogP contribution in [0.25, 0.3) is 15.3 Å². The summed E-state index contributed by atoms with van der Waals surface area (Å²) in [6.45, 7) is 8.28. The Bertz CT molecular complexity index is 2170. The van der Waals surface area contributed by atoms with Crippen molar-refractivity contribution in [3.63, 3.8) is 0 Å². The molecular formula is C34H42N12O4S2. The third-order valence-corrected chi connectivity index (χ3v) is 10.7. The molecule has 5 aromatic rings. The Morgan fingerprint density at radius 2 is 1.58 bits per heavy atom. The lowest BCUT2D eigenvalue weighted by Crippen LogP contribution is -2.22. The van der Waals surface area contributed by atoms with Crippen molar-refractivity contribution in [2.75, 3.05) is 70.6 Å². The molecule has 0 unspecified atom stereocenters. The number of thiazole rings is 1. The summed E-state index contributed by atoms with van der Waals surface area (Å²) in [4.78, 5) is 14.3. The summed E-state index contributed by atoms with van der Waals surface area (Å²) in [6.07, 6.45) is 2.92. The van der Waals surface area contributed by atoms with Crippen molar-refractivity contribution in [1.82, 2.24) is 29.0 Å². The number of azo groups is 1. The molecule has 0 bridgehead atoms. The van der Waals surface area contributed by atoms with E-state index in [1.165, 1.54) is 48.4 Å². The number of aryl methyl sites for hydroxylation is 3. The van der Waals surface area contributed by atoms with Gasteiger partial charge in [-0.2, -0.15) is 15.2 Å². The van der Waals surface area contributed by atoms with Crippen LogP contribution in [0.5, 0.6) is 0 Å². The highest BCUT2D eigenvalue weighted by Crippen LogP contribution is 2.36. The number of nitrogens with one attached hydrogen (secondary N) is 3. The van der Waals surface area contributed by atoms with Crippen LogP contribution in [0.3, 0.4) is 0 Å². The van der Waals surface area contributed by atoms with Gasteiger partial charge in [0.25, 0.3) is 0 Å². The van der Waals surface area contributed by atoms with E-state index in [1.54, 1.807) is 20.3 Å². The predicted octanol–water partition coefficient (Wildman–Crippen LogP) is 6.38. The maximum Gasteiger partial charge on any atom is 0.242 e. The first kappa shape index (κ1) is 38.2. The highest BCUT2D eigenvalue weighted by Gasteiger charge is 2.21. The molecule has 274 valence electrons. The number of nitriles is 1. The van der Waals surface area contributed by atoms with Gasteiger partial charge in [0.2, 0.25) is 26.9 Å². The molecule has 52 heavy (non-hydrogen) atoms. The number of benzene rings is 2. The van der Waals surface area contributed by atoms with Crippen LogP contribution in [-0.4, -0.2) is 92.1 Å². The van der Waals surface area contributed by atoms with Gasteiger partial charge in [0.1, 0.15) is 11.6 Å². The first-order chi connectivity index (χ1) is 24.9. The summed E-state index contributed by atoms with van der Waals surface area (Å²) >= 11 is 1.29. The van der Waals surface area contributed by atoms with Crippen molar-refractivity contribution in [2.45, 2.75) is 38.5 Å². The van der Waals surface area contributed by atoms with Crippen molar-refractivity contribution in [3.05, 3.63) is 58.8 Å². The first-order valence-corrected chi connectivity index (χ1v) is 18.7. The lowest BCUT2D eigenvalue weighted by atomic mass is 10.1. The van der Waals surface area contributed by atoms with Gasteiger partial charge in [-0.05, 0) is 62.9 Å². The average Bonchev–Trinajstić information content (AvgIpc) is 3.73. The van der Waals surface area contributed by atoms with Crippen LogP contribution in [0.1, 0.15) is 35.1 Å². The number of sulfonamides is 1. The summed E-state index contributed by atoms with van der Waals surface area (Å²) in [5.41, 5.74) is 5.14. The van der Waals surface area contributed by atoms with Gasteiger partial charge in [-0.3, -0.25) is 0 Å². The largest absolute Gasteiger partial charge is 0.385 e. The molecule has 0 aliphatic heterocycles. The molecule has 3 heterocycles. The summed E-state index contributed by atoms with van der Waals surface area (Å²) < 4.78 is 39.2. The van der Waals surface area contributed by atoms with Crippen molar-refractivity contribution in [3.8, 4) is 11.2 Å². The molecule has 0 radical (unpaired) electrons. The number of methoxy groups -OCH3 is 2. The van der Waals surface area contributed by atoms with Crippen LogP contribution in [0.15, 0.2) is 51.7 Å². The number of aromatic nitrogens is 5. The maximum atomic E-state index is 12.7. The highest BCUT2D eigenvalue weighted by molar-refractivity contribution is 7.89. The van der Waals surface area contributed by atoms with E-state index in [0.29, 0.717) is 73.1 Å². The van der Waals surface area contributed by atoms with E-state index in [1.807, 2.05) is 13.8 Å². The second kappa shape index (κ2) is 17.0. The molecule has 0 saturated carbocycles. The van der Waals surface area contributed by atoms with Crippen molar-refractivity contribution in [2.24, 2.45) is 10.2 Å². The zero-order chi connectivity index (χ0) is 37.4. The number of ether oxygens (including phenoxy) is 2. The molecule has 0 fully saturated rings. The summed E-state index contributed by atoms with van der Waals surface area (Å²) in [6, 6.07) is 11.1. The Morgan fingerprint density at radius 3 is 2.15 bits per heavy atom. The molecule has 18 heteroatoms. The van der Waals surface area contributed by atoms with Gasteiger partial charge in [0.15, 0.2) is 17.3 Å². The fourth-order valence-electron chi connectivity index (χ4n) is 5.26. The molecule has 16 nitrogen and oxygen atoms in total. The molecule has 0 spiro atoms. The monoisotopic (exact) mass is 746 g/mol. The van der Waals surface area contributed by atoms with Crippen LogP contribution in [0, 0.1) is 32.1 Å². The van der Waals surface area contributed by atoms with Gasteiger partial charge in [-0.1, -0.05) is 29.0 Å². The molecule has 3 N–H and O–H groups in total.